The SMILES string of the molecule is CC[C@@H](Oc1ccc(N(C)S(C)(=O)=O)cc1)C(=O)Nc1cccc(Br)c1. The average Bonchev–Trinajstić information content (AvgIpc) is 2.58. The van der Waals surface area contributed by atoms with Crippen LogP contribution < -0.4 is 14.4 Å². The minimum Gasteiger partial charge on any atom is -0.481 e. The third kappa shape index (κ3) is 5.47. The van der Waals surface area contributed by atoms with Crippen LogP contribution in [0.1, 0.15) is 13.3 Å². The fourth-order valence-corrected chi connectivity index (χ4v) is 3.11. The lowest BCUT2D eigenvalue weighted by atomic mass is 10.2. The quantitative estimate of drug-likeness (QED) is 0.712. The van der Waals surface area contributed by atoms with Crippen molar-refractivity contribution in [2.24, 2.45) is 0 Å². The molecule has 0 unspecified atom stereocenters. The van der Waals surface area contributed by atoms with E-state index in [9.17, 15) is 13.2 Å². The number of benzene rings is 2. The summed E-state index contributed by atoms with van der Waals surface area (Å²) in [5.41, 5.74) is 1.20. The molecule has 26 heavy (non-hydrogen) atoms. The topological polar surface area (TPSA) is 75.7 Å². The number of sulfonamides is 1. The summed E-state index contributed by atoms with van der Waals surface area (Å²) in [6.45, 7) is 1.86. The minimum absolute atomic E-state index is 0.247. The lowest BCUT2D eigenvalue weighted by Crippen LogP contribution is -2.32. The lowest BCUT2D eigenvalue weighted by molar-refractivity contribution is -0.122. The summed E-state index contributed by atoms with van der Waals surface area (Å²) >= 11 is 3.36. The molecule has 1 atom stereocenters. The highest BCUT2D eigenvalue weighted by atomic mass is 79.9. The van der Waals surface area contributed by atoms with Crippen LogP contribution in [0.25, 0.3) is 0 Å². The number of carbonyl (C=O) groups is 1. The van der Waals surface area contributed by atoms with Crippen LogP contribution in [0, 0.1) is 0 Å². The summed E-state index contributed by atoms with van der Waals surface area (Å²) in [7, 11) is -1.85. The van der Waals surface area contributed by atoms with E-state index in [2.05, 4.69) is 21.2 Å². The number of anilines is 2. The van der Waals surface area contributed by atoms with E-state index in [1.165, 1.54) is 11.4 Å². The van der Waals surface area contributed by atoms with Gasteiger partial charge >= 0.3 is 0 Å². The molecule has 2 aromatic carbocycles. The first-order chi connectivity index (χ1) is 12.2. The molecule has 2 rings (SSSR count). The van der Waals surface area contributed by atoms with Gasteiger partial charge in [0.15, 0.2) is 6.10 Å². The fourth-order valence-electron chi connectivity index (χ4n) is 2.20. The first-order valence-electron chi connectivity index (χ1n) is 7.97. The van der Waals surface area contributed by atoms with E-state index in [4.69, 9.17) is 4.74 Å². The molecule has 0 aromatic heterocycles. The third-order valence-electron chi connectivity index (χ3n) is 3.73. The van der Waals surface area contributed by atoms with Crippen molar-refractivity contribution in [3.8, 4) is 5.75 Å². The van der Waals surface area contributed by atoms with Gasteiger partial charge in [-0.25, -0.2) is 8.42 Å². The van der Waals surface area contributed by atoms with Crippen molar-refractivity contribution in [1.82, 2.24) is 0 Å². The highest BCUT2D eigenvalue weighted by molar-refractivity contribution is 9.10. The van der Waals surface area contributed by atoms with Gasteiger partial charge in [0.25, 0.3) is 5.91 Å². The van der Waals surface area contributed by atoms with E-state index >= 15 is 0 Å². The van der Waals surface area contributed by atoms with Gasteiger partial charge in [-0.15, -0.1) is 0 Å². The van der Waals surface area contributed by atoms with Crippen LogP contribution >= 0.6 is 15.9 Å². The molecule has 8 heteroatoms. The second kappa shape index (κ2) is 8.55. The number of ether oxygens (including phenoxy) is 1. The van der Waals surface area contributed by atoms with Gasteiger partial charge in [0.1, 0.15) is 5.75 Å². The van der Waals surface area contributed by atoms with Gasteiger partial charge in [-0.1, -0.05) is 28.9 Å². The second-order valence-corrected chi connectivity index (χ2v) is 8.67. The van der Waals surface area contributed by atoms with Gasteiger partial charge in [0, 0.05) is 17.2 Å². The number of nitrogens with one attached hydrogen (secondary N) is 1. The summed E-state index contributed by atoms with van der Waals surface area (Å²) in [5, 5.41) is 2.82. The van der Waals surface area contributed by atoms with Gasteiger partial charge in [-0.2, -0.15) is 0 Å². The van der Waals surface area contributed by atoms with E-state index in [1.54, 1.807) is 36.4 Å². The molecule has 0 heterocycles. The highest BCUT2D eigenvalue weighted by Gasteiger charge is 2.19. The van der Waals surface area contributed by atoms with Crippen molar-refractivity contribution < 1.29 is 17.9 Å². The van der Waals surface area contributed by atoms with Crippen molar-refractivity contribution in [3.63, 3.8) is 0 Å². The second-order valence-electron chi connectivity index (χ2n) is 5.74. The Balaban J connectivity index is 2.06. The van der Waals surface area contributed by atoms with Gasteiger partial charge in [0.2, 0.25) is 10.0 Å². The van der Waals surface area contributed by atoms with Crippen LogP contribution in [0.5, 0.6) is 5.75 Å². The zero-order chi connectivity index (χ0) is 19.3. The monoisotopic (exact) mass is 440 g/mol. The van der Waals surface area contributed by atoms with E-state index in [-0.39, 0.29) is 5.91 Å². The molecule has 0 aliphatic carbocycles. The number of rotatable bonds is 7. The molecular formula is C18H21BrN2O4S. The maximum atomic E-state index is 12.4. The van der Waals surface area contributed by atoms with Crippen LogP contribution in [-0.4, -0.2) is 33.7 Å². The molecule has 0 aliphatic heterocycles. The zero-order valence-corrected chi connectivity index (χ0v) is 17.2. The molecule has 140 valence electrons. The minimum atomic E-state index is -3.32. The van der Waals surface area contributed by atoms with Crippen molar-refractivity contribution in [2.75, 3.05) is 22.9 Å². The van der Waals surface area contributed by atoms with Gasteiger partial charge in [-0.05, 0) is 48.9 Å². The number of hydrogen-bond acceptors (Lipinski definition) is 4. The molecule has 1 amide bonds. The van der Waals surface area contributed by atoms with E-state index < -0.39 is 16.1 Å². The summed E-state index contributed by atoms with van der Waals surface area (Å²) in [5.74, 6) is 0.245. The Bertz CT molecular complexity index is 869. The van der Waals surface area contributed by atoms with Gasteiger partial charge < -0.3 is 10.1 Å². The number of carbonyl (C=O) groups excluding carboxylic acids is 1. The summed E-state index contributed by atoms with van der Waals surface area (Å²) < 4.78 is 30.9. The Morgan fingerprint density at radius 3 is 2.42 bits per heavy atom. The summed E-state index contributed by atoms with van der Waals surface area (Å²) in [6, 6.07) is 13.9. The molecule has 6 nitrogen and oxygen atoms in total. The molecule has 0 aliphatic rings. The summed E-state index contributed by atoms with van der Waals surface area (Å²) in [6.07, 6.45) is 0.967. The summed E-state index contributed by atoms with van der Waals surface area (Å²) in [4.78, 5) is 12.4. The van der Waals surface area contributed by atoms with Crippen molar-refractivity contribution in [3.05, 3.63) is 53.0 Å². The predicted molar refractivity (Wildman–Crippen MR) is 107 cm³/mol. The van der Waals surface area contributed by atoms with Crippen LogP contribution in [0.4, 0.5) is 11.4 Å². The molecule has 0 spiro atoms. The van der Waals surface area contributed by atoms with E-state index in [0.29, 0.717) is 23.5 Å². The van der Waals surface area contributed by atoms with Gasteiger partial charge in [0.05, 0.1) is 11.9 Å². The Hall–Kier alpha value is -2.06. The fraction of sp³-hybridized carbons (Fsp3) is 0.278. The molecule has 2 aromatic rings. The van der Waals surface area contributed by atoms with Crippen molar-refractivity contribution >= 4 is 43.2 Å². The standard InChI is InChI=1S/C18H21BrN2O4S/c1-4-17(18(22)20-14-7-5-6-13(19)12-14)25-16-10-8-15(9-11-16)21(2)26(3,23)24/h5-12,17H,4H2,1-3H3,(H,20,22)/t17-/m1/s1. The van der Waals surface area contributed by atoms with Crippen LogP contribution in [0.3, 0.4) is 0 Å². The maximum Gasteiger partial charge on any atom is 0.265 e. The largest absolute Gasteiger partial charge is 0.481 e. The Morgan fingerprint density at radius 1 is 1.23 bits per heavy atom. The molecule has 1 N–H and O–H groups in total. The van der Waals surface area contributed by atoms with E-state index in [0.717, 1.165) is 10.7 Å². The lowest BCUT2D eigenvalue weighted by Gasteiger charge is -2.19. The normalized spacial score (nSPS) is 12.3. The van der Waals surface area contributed by atoms with Crippen LogP contribution in [-0.2, 0) is 14.8 Å². The number of halogens is 1. The molecule has 0 radical (unpaired) electrons. The molecular weight excluding hydrogens is 420 g/mol. The molecule has 0 bridgehead atoms. The highest BCUT2D eigenvalue weighted by Crippen LogP contribution is 2.22. The van der Waals surface area contributed by atoms with Crippen molar-refractivity contribution in [2.45, 2.75) is 19.4 Å². The Labute approximate surface area is 162 Å². The predicted octanol–water partition coefficient (Wildman–Crippen LogP) is 3.64. The smallest absolute Gasteiger partial charge is 0.265 e. The van der Waals surface area contributed by atoms with Crippen LogP contribution in [0.15, 0.2) is 53.0 Å². The van der Waals surface area contributed by atoms with Crippen LogP contribution in [0.2, 0.25) is 0 Å². The zero-order valence-electron chi connectivity index (χ0n) is 14.8. The van der Waals surface area contributed by atoms with Gasteiger partial charge in [-0.3, -0.25) is 9.10 Å². The number of hydrogen-bond donors (Lipinski definition) is 1. The first kappa shape index (κ1) is 20.3. The Kier molecular flexibility index (Phi) is 6.66. The van der Waals surface area contributed by atoms with E-state index in [1.807, 2.05) is 19.1 Å². The maximum absolute atomic E-state index is 12.4. The molecule has 0 fully saturated rings. The Morgan fingerprint density at radius 2 is 1.88 bits per heavy atom. The molecule has 0 saturated carbocycles. The molecule has 0 saturated heterocycles. The third-order valence-corrected chi connectivity index (χ3v) is 5.43. The number of amides is 1. The van der Waals surface area contributed by atoms with Crippen molar-refractivity contribution in [1.29, 1.82) is 0 Å². The first-order valence-corrected chi connectivity index (χ1v) is 10.6. The number of nitrogens with zero attached hydrogens (tertiary/aromatic N) is 1. The average molecular weight is 441 g/mol.